The molecule has 0 nitrogen and oxygen atoms in total. The number of hydrogen-bond acceptors (Lipinski definition) is 0. The fraction of sp³-hybridized carbons (Fsp3) is 0.250. The van der Waals surface area contributed by atoms with Crippen molar-refractivity contribution >= 4 is 0 Å². The van der Waals surface area contributed by atoms with Crippen molar-refractivity contribution in [2.75, 3.05) is 0 Å². The van der Waals surface area contributed by atoms with Crippen LogP contribution in [0, 0.1) is 36.5 Å². The molecule has 36 valence electrons. The molecule has 0 aromatic heterocycles. The molecule has 0 amide bonds. The predicted octanol–water partition coefficient (Wildman–Crippen LogP) is 0.950. The Hall–Kier alpha value is -1.32. The van der Waals surface area contributed by atoms with Crippen LogP contribution in [0.5, 0.6) is 0 Å². The molecule has 0 atom stereocenters. The zero-order valence-corrected chi connectivity index (χ0v) is 4.41. The maximum Gasteiger partial charge on any atom is 0.0713 e. The molecule has 0 rings (SSSR count). The Morgan fingerprint density at radius 2 is 1.25 bits per heavy atom. The van der Waals surface area contributed by atoms with Crippen molar-refractivity contribution in [2.24, 2.45) is 0 Å². The molecule has 8 heavy (non-hydrogen) atoms. The van der Waals surface area contributed by atoms with E-state index in [1.165, 1.54) is 0 Å². The molecule has 0 bridgehead atoms. The molecule has 0 heteroatoms. The quantitative estimate of drug-likeness (QED) is 0.397. The van der Waals surface area contributed by atoms with Gasteiger partial charge in [-0.3, -0.25) is 0 Å². The number of rotatable bonds is 0. The lowest BCUT2D eigenvalue weighted by Gasteiger charge is -1.66. The summed E-state index contributed by atoms with van der Waals surface area (Å²) in [7, 11) is 0. The molecule has 0 heterocycles. The molecule has 0 aromatic carbocycles. The molecule has 2 radical (unpaired) electrons. The van der Waals surface area contributed by atoms with Crippen LogP contribution in [0.4, 0.5) is 0 Å². The summed E-state index contributed by atoms with van der Waals surface area (Å²) in [6, 6.07) is 0. The highest BCUT2D eigenvalue weighted by Crippen LogP contribution is 1.71. The molecule has 0 unspecified atom stereocenters. The fourth-order valence-corrected chi connectivity index (χ4v) is 0.213. The maximum atomic E-state index is 6.42. The van der Waals surface area contributed by atoms with E-state index >= 15 is 0 Å². The van der Waals surface area contributed by atoms with Gasteiger partial charge < -0.3 is 0 Å². The summed E-state index contributed by atoms with van der Waals surface area (Å²) < 4.78 is 0. The van der Waals surface area contributed by atoms with Gasteiger partial charge in [0.25, 0.3) is 0 Å². The standard InChI is InChI=1S/C8H4/c1-3-5-7-8-6-4-2/h5-6H2. The highest BCUT2D eigenvalue weighted by molar-refractivity contribution is 5.09. The van der Waals surface area contributed by atoms with Crippen LogP contribution in [0.2, 0.25) is 0 Å². The molecular formula is C8H4. The molecule has 0 saturated carbocycles. The lowest BCUT2D eigenvalue weighted by molar-refractivity contribution is 1.50. The minimum absolute atomic E-state index is 0.363. The van der Waals surface area contributed by atoms with Crippen LogP contribution in [0.1, 0.15) is 12.8 Å². The van der Waals surface area contributed by atoms with E-state index in [2.05, 4.69) is 23.7 Å². The summed E-state index contributed by atoms with van der Waals surface area (Å²) in [4.78, 5) is 0. The molecule has 0 aliphatic rings. The van der Waals surface area contributed by atoms with E-state index in [1.54, 1.807) is 0 Å². The molecule has 0 fully saturated rings. The second-order valence-corrected chi connectivity index (χ2v) is 1.06. The smallest absolute Gasteiger partial charge is 0.0713 e. The Balaban J connectivity index is 3.28. The van der Waals surface area contributed by atoms with Crippen molar-refractivity contribution in [2.45, 2.75) is 12.8 Å². The lowest BCUT2D eigenvalue weighted by atomic mass is 10.4. The van der Waals surface area contributed by atoms with Gasteiger partial charge in [0.05, 0.1) is 12.8 Å². The van der Waals surface area contributed by atoms with E-state index in [1.807, 2.05) is 0 Å². The van der Waals surface area contributed by atoms with Crippen LogP contribution in [0.3, 0.4) is 0 Å². The topological polar surface area (TPSA) is 0 Å². The van der Waals surface area contributed by atoms with Gasteiger partial charge in [-0.25, -0.2) is 0 Å². The van der Waals surface area contributed by atoms with E-state index in [4.69, 9.17) is 12.8 Å². The van der Waals surface area contributed by atoms with E-state index in [-0.39, 0.29) is 0 Å². The highest BCUT2D eigenvalue weighted by atomic mass is 13.7. The van der Waals surface area contributed by atoms with E-state index < -0.39 is 0 Å². The van der Waals surface area contributed by atoms with Gasteiger partial charge in [-0.2, -0.15) is 0 Å². The summed E-state index contributed by atoms with van der Waals surface area (Å²) in [5.74, 6) is 9.44. The first-order valence-corrected chi connectivity index (χ1v) is 2.16. The summed E-state index contributed by atoms with van der Waals surface area (Å²) in [6.07, 6.45) is 13.6. The molecule has 0 spiro atoms. The van der Waals surface area contributed by atoms with Gasteiger partial charge in [0, 0.05) is 0 Å². The van der Waals surface area contributed by atoms with Gasteiger partial charge in [-0.05, 0) is 12.8 Å². The fourth-order valence-electron chi connectivity index (χ4n) is 0.213. The maximum absolute atomic E-state index is 6.42. The molecule has 0 aliphatic carbocycles. The second-order valence-electron chi connectivity index (χ2n) is 1.06. The van der Waals surface area contributed by atoms with Crippen LogP contribution in [0.15, 0.2) is 0 Å². The Kier molecular flexibility index (Phi) is 4.74. The first-order chi connectivity index (χ1) is 3.91. The van der Waals surface area contributed by atoms with Gasteiger partial charge >= 0.3 is 0 Å². The second kappa shape index (κ2) is 5.68. The molecule has 0 aromatic rings. The largest absolute Gasteiger partial charge is 0.0892 e. The van der Waals surface area contributed by atoms with Gasteiger partial charge in [0.2, 0.25) is 0 Å². The zero-order chi connectivity index (χ0) is 6.24. The molecule has 0 saturated heterocycles. The van der Waals surface area contributed by atoms with Crippen LogP contribution < -0.4 is 0 Å². The van der Waals surface area contributed by atoms with Crippen molar-refractivity contribution in [3.8, 4) is 23.7 Å². The monoisotopic (exact) mass is 100 g/mol. The van der Waals surface area contributed by atoms with Crippen molar-refractivity contribution in [1.29, 1.82) is 0 Å². The third-order valence-electron chi connectivity index (χ3n) is 0.479. The lowest BCUT2D eigenvalue weighted by Crippen LogP contribution is -1.58. The Morgan fingerprint density at radius 3 is 1.50 bits per heavy atom. The normalized spacial score (nSPS) is 5.25. The van der Waals surface area contributed by atoms with E-state index in [0.717, 1.165) is 0 Å². The van der Waals surface area contributed by atoms with E-state index in [0.29, 0.717) is 12.8 Å². The molecular weight excluding hydrogens is 96.1 g/mol. The first-order valence-electron chi connectivity index (χ1n) is 2.16. The highest BCUT2D eigenvalue weighted by Gasteiger charge is 1.63. The third-order valence-corrected chi connectivity index (χ3v) is 0.479. The van der Waals surface area contributed by atoms with Crippen LogP contribution in [0.25, 0.3) is 0 Å². The van der Waals surface area contributed by atoms with Gasteiger partial charge in [0.15, 0.2) is 0 Å². The van der Waals surface area contributed by atoms with Gasteiger partial charge in [-0.15, -0.1) is 0 Å². The predicted molar refractivity (Wildman–Crippen MR) is 31.3 cm³/mol. The average Bonchev–Trinajstić information content (AvgIpc) is 1.81. The molecule has 0 N–H and O–H groups in total. The minimum atomic E-state index is 0.363. The SMILES string of the molecule is [C]#CCC#CCC#[C]. The van der Waals surface area contributed by atoms with Crippen LogP contribution >= 0.6 is 0 Å². The summed E-state index contributed by atoms with van der Waals surface area (Å²) in [5, 5.41) is 0. The van der Waals surface area contributed by atoms with Gasteiger partial charge in [0.1, 0.15) is 0 Å². The summed E-state index contributed by atoms with van der Waals surface area (Å²) in [6.45, 7) is 0. The van der Waals surface area contributed by atoms with Crippen molar-refractivity contribution < 1.29 is 0 Å². The third kappa shape index (κ3) is 4.68. The average molecular weight is 100 g/mol. The minimum Gasteiger partial charge on any atom is -0.0892 e. The van der Waals surface area contributed by atoms with Crippen LogP contribution in [-0.4, -0.2) is 0 Å². The number of hydrogen-bond donors (Lipinski definition) is 0. The Labute approximate surface area is 50.3 Å². The van der Waals surface area contributed by atoms with E-state index in [9.17, 15) is 0 Å². The van der Waals surface area contributed by atoms with Crippen molar-refractivity contribution in [3.05, 3.63) is 12.8 Å². The Bertz CT molecular complexity index is 155. The van der Waals surface area contributed by atoms with Gasteiger partial charge in [-0.1, -0.05) is 23.7 Å². The van der Waals surface area contributed by atoms with Crippen molar-refractivity contribution in [1.82, 2.24) is 0 Å². The zero-order valence-electron chi connectivity index (χ0n) is 4.41. The van der Waals surface area contributed by atoms with Crippen molar-refractivity contribution in [3.63, 3.8) is 0 Å². The first kappa shape index (κ1) is 6.68. The van der Waals surface area contributed by atoms with Crippen LogP contribution in [-0.2, 0) is 0 Å². The summed E-state index contributed by atoms with van der Waals surface area (Å²) >= 11 is 0. The Morgan fingerprint density at radius 1 is 0.875 bits per heavy atom. The molecule has 0 aliphatic heterocycles. The summed E-state index contributed by atoms with van der Waals surface area (Å²) in [5.41, 5.74) is 0.